The highest BCUT2D eigenvalue weighted by atomic mass is 35.5. The molecule has 132 valence electrons. The summed E-state index contributed by atoms with van der Waals surface area (Å²) >= 11 is 6.16. The molecule has 2 aromatic rings. The number of benzene rings is 2. The van der Waals surface area contributed by atoms with E-state index in [1.54, 1.807) is 0 Å². The third-order valence-electron chi connectivity index (χ3n) is 4.56. The van der Waals surface area contributed by atoms with E-state index >= 15 is 0 Å². The van der Waals surface area contributed by atoms with Crippen LogP contribution in [-0.4, -0.2) is 41.9 Å². The second-order valence-corrected chi connectivity index (χ2v) is 6.81. The van der Waals surface area contributed by atoms with Crippen molar-refractivity contribution in [2.24, 2.45) is 0 Å². The first kappa shape index (κ1) is 17.9. The van der Waals surface area contributed by atoms with Crippen molar-refractivity contribution < 1.29 is 9.18 Å². The number of carbonyl (C=O) groups is 1. The zero-order valence-electron chi connectivity index (χ0n) is 14.1. The van der Waals surface area contributed by atoms with E-state index in [0.717, 1.165) is 43.7 Å². The van der Waals surface area contributed by atoms with E-state index in [9.17, 15) is 9.18 Å². The van der Waals surface area contributed by atoms with Gasteiger partial charge in [-0.1, -0.05) is 41.9 Å². The van der Waals surface area contributed by atoms with Gasteiger partial charge in [0.05, 0.1) is 6.42 Å². The van der Waals surface area contributed by atoms with Crippen molar-refractivity contribution in [3.63, 3.8) is 0 Å². The van der Waals surface area contributed by atoms with E-state index in [2.05, 4.69) is 4.90 Å². The van der Waals surface area contributed by atoms with E-state index in [0.29, 0.717) is 18.0 Å². The molecule has 0 spiro atoms. The molecule has 3 nitrogen and oxygen atoms in total. The average molecular weight is 361 g/mol. The third kappa shape index (κ3) is 5.03. The fourth-order valence-corrected chi connectivity index (χ4v) is 3.35. The van der Waals surface area contributed by atoms with Crippen LogP contribution >= 0.6 is 11.6 Å². The first-order chi connectivity index (χ1) is 12.1. The number of hydrogen-bond donors (Lipinski definition) is 0. The largest absolute Gasteiger partial charge is 0.341 e. The fraction of sp³-hybridized carbons (Fsp3) is 0.350. The summed E-state index contributed by atoms with van der Waals surface area (Å²) in [5.74, 6) is -0.0901. The number of amides is 1. The number of carbonyl (C=O) groups excluding carboxylic acids is 1. The molecule has 0 bridgehead atoms. The molecule has 0 saturated carbocycles. The van der Waals surface area contributed by atoms with Crippen LogP contribution in [0.15, 0.2) is 48.5 Å². The predicted molar refractivity (Wildman–Crippen MR) is 98.0 cm³/mol. The number of halogens is 2. The highest BCUT2D eigenvalue weighted by molar-refractivity contribution is 6.31. The lowest BCUT2D eigenvalue weighted by atomic mass is 10.1. The van der Waals surface area contributed by atoms with Gasteiger partial charge in [0.1, 0.15) is 5.82 Å². The van der Waals surface area contributed by atoms with Crippen LogP contribution in [-0.2, 0) is 17.8 Å². The summed E-state index contributed by atoms with van der Waals surface area (Å²) in [6.45, 7) is 4.03. The second kappa shape index (κ2) is 8.45. The summed E-state index contributed by atoms with van der Waals surface area (Å²) < 4.78 is 13.0. The summed E-state index contributed by atoms with van der Waals surface area (Å²) in [6.07, 6.45) is 1.28. The molecule has 1 saturated heterocycles. The molecule has 0 aromatic heterocycles. The van der Waals surface area contributed by atoms with Gasteiger partial charge < -0.3 is 4.90 Å². The smallest absolute Gasteiger partial charge is 0.227 e. The van der Waals surface area contributed by atoms with Gasteiger partial charge in [-0.25, -0.2) is 4.39 Å². The Morgan fingerprint density at radius 1 is 1.00 bits per heavy atom. The Labute approximate surface area is 153 Å². The number of rotatable bonds is 4. The Kier molecular flexibility index (Phi) is 6.05. The highest BCUT2D eigenvalue weighted by Crippen LogP contribution is 2.17. The summed E-state index contributed by atoms with van der Waals surface area (Å²) in [7, 11) is 0. The van der Waals surface area contributed by atoms with Gasteiger partial charge in [0.15, 0.2) is 0 Å². The Morgan fingerprint density at radius 3 is 2.52 bits per heavy atom. The topological polar surface area (TPSA) is 23.6 Å². The van der Waals surface area contributed by atoms with Crippen molar-refractivity contribution in [1.29, 1.82) is 0 Å². The SMILES string of the molecule is O=C(Cc1ccccc1Cl)N1CCCN(Cc2ccc(F)cc2)CC1. The molecule has 1 fully saturated rings. The lowest BCUT2D eigenvalue weighted by Gasteiger charge is -2.22. The first-order valence-corrected chi connectivity index (χ1v) is 8.97. The maximum atomic E-state index is 13.0. The van der Waals surface area contributed by atoms with E-state index in [1.165, 1.54) is 12.1 Å². The van der Waals surface area contributed by atoms with Crippen molar-refractivity contribution >= 4 is 17.5 Å². The molecule has 0 unspecified atom stereocenters. The maximum Gasteiger partial charge on any atom is 0.227 e. The average Bonchev–Trinajstić information content (AvgIpc) is 2.85. The maximum absolute atomic E-state index is 13.0. The minimum Gasteiger partial charge on any atom is -0.341 e. The molecule has 25 heavy (non-hydrogen) atoms. The second-order valence-electron chi connectivity index (χ2n) is 6.41. The van der Waals surface area contributed by atoms with Gasteiger partial charge in [-0.3, -0.25) is 9.69 Å². The van der Waals surface area contributed by atoms with E-state index in [1.807, 2.05) is 41.3 Å². The molecule has 2 aromatic carbocycles. The molecular formula is C20H22ClFN2O. The zero-order valence-corrected chi connectivity index (χ0v) is 14.9. The van der Waals surface area contributed by atoms with Gasteiger partial charge in [0, 0.05) is 37.7 Å². The van der Waals surface area contributed by atoms with E-state index in [-0.39, 0.29) is 11.7 Å². The normalized spacial score (nSPS) is 15.8. The Balaban J connectivity index is 1.55. The first-order valence-electron chi connectivity index (χ1n) is 8.60. The van der Waals surface area contributed by atoms with Crippen molar-refractivity contribution in [3.8, 4) is 0 Å². The van der Waals surface area contributed by atoms with Gasteiger partial charge in [0.2, 0.25) is 5.91 Å². The summed E-state index contributed by atoms with van der Waals surface area (Å²) in [4.78, 5) is 16.8. The Hall–Kier alpha value is -1.91. The molecule has 1 aliphatic heterocycles. The fourth-order valence-electron chi connectivity index (χ4n) is 3.14. The predicted octanol–water partition coefficient (Wildman–Crippen LogP) is 3.76. The molecule has 1 amide bonds. The zero-order chi connectivity index (χ0) is 17.6. The summed E-state index contributed by atoms with van der Waals surface area (Å²) in [5, 5.41) is 0.642. The van der Waals surface area contributed by atoms with E-state index < -0.39 is 0 Å². The Morgan fingerprint density at radius 2 is 1.76 bits per heavy atom. The lowest BCUT2D eigenvalue weighted by Crippen LogP contribution is -2.36. The summed E-state index contributed by atoms with van der Waals surface area (Å²) in [6, 6.07) is 14.1. The van der Waals surface area contributed by atoms with Crippen molar-refractivity contribution in [1.82, 2.24) is 9.80 Å². The molecule has 0 atom stereocenters. The number of hydrogen-bond acceptors (Lipinski definition) is 2. The minimum absolute atomic E-state index is 0.122. The molecular weight excluding hydrogens is 339 g/mol. The molecule has 0 aliphatic carbocycles. The van der Waals surface area contributed by atoms with Crippen molar-refractivity contribution in [2.45, 2.75) is 19.4 Å². The van der Waals surface area contributed by atoms with Gasteiger partial charge in [0.25, 0.3) is 0 Å². The highest BCUT2D eigenvalue weighted by Gasteiger charge is 2.20. The van der Waals surface area contributed by atoms with Gasteiger partial charge in [-0.2, -0.15) is 0 Å². The molecule has 1 aliphatic rings. The third-order valence-corrected chi connectivity index (χ3v) is 4.93. The van der Waals surface area contributed by atoms with Crippen LogP contribution in [0, 0.1) is 5.82 Å². The van der Waals surface area contributed by atoms with Crippen LogP contribution in [0.1, 0.15) is 17.5 Å². The standard InChI is InChI=1S/C20H22ClFN2O/c21-19-5-2-1-4-17(19)14-20(25)24-11-3-10-23(12-13-24)15-16-6-8-18(22)9-7-16/h1-2,4-9H,3,10-15H2. The van der Waals surface area contributed by atoms with Crippen molar-refractivity contribution in [2.75, 3.05) is 26.2 Å². The van der Waals surface area contributed by atoms with Crippen LogP contribution < -0.4 is 0 Å². The van der Waals surface area contributed by atoms with Gasteiger partial charge >= 0.3 is 0 Å². The molecule has 5 heteroatoms. The Bertz CT molecular complexity index is 720. The van der Waals surface area contributed by atoms with Gasteiger partial charge in [-0.05, 0) is 35.7 Å². The lowest BCUT2D eigenvalue weighted by molar-refractivity contribution is -0.130. The summed E-state index contributed by atoms with van der Waals surface area (Å²) in [5.41, 5.74) is 1.97. The van der Waals surface area contributed by atoms with Crippen LogP contribution in [0.5, 0.6) is 0 Å². The van der Waals surface area contributed by atoms with Crippen LogP contribution in [0.25, 0.3) is 0 Å². The molecule has 0 radical (unpaired) electrons. The monoisotopic (exact) mass is 360 g/mol. The van der Waals surface area contributed by atoms with Crippen molar-refractivity contribution in [3.05, 3.63) is 70.5 Å². The minimum atomic E-state index is -0.212. The molecule has 1 heterocycles. The molecule has 3 rings (SSSR count). The number of nitrogens with zero attached hydrogens (tertiary/aromatic N) is 2. The quantitative estimate of drug-likeness (QED) is 0.829. The van der Waals surface area contributed by atoms with Gasteiger partial charge in [-0.15, -0.1) is 0 Å². The molecule has 0 N–H and O–H groups in total. The van der Waals surface area contributed by atoms with Crippen LogP contribution in [0.3, 0.4) is 0 Å². The van der Waals surface area contributed by atoms with Crippen LogP contribution in [0.2, 0.25) is 5.02 Å². The van der Waals surface area contributed by atoms with Crippen LogP contribution in [0.4, 0.5) is 4.39 Å². The van der Waals surface area contributed by atoms with E-state index in [4.69, 9.17) is 11.6 Å².